The number of benzene rings is 3. The zero-order valence-electron chi connectivity index (χ0n) is 23.1. The Labute approximate surface area is 244 Å². The lowest BCUT2D eigenvalue weighted by molar-refractivity contribution is -0.519. The number of rotatable bonds is 12. The summed E-state index contributed by atoms with van der Waals surface area (Å²) in [6.07, 6.45) is 7.57. The quantitative estimate of drug-likeness (QED) is 0.0471. The normalized spacial score (nSPS) is 11.5. The first-order valence-corrected chi connectivity index (χ1v) is 13.9. The molecular formula is C32H34ClF2N6+. The van der Waals surface area contributed by atoms with Gasteiger partial charge in [-0.15, -0.1) is 0 Å². The van der Waals surface area contributed by atoms with Crippen molar-refractivity contribution in [3.05, 3.63) is 120 Å². The van der Waals surface area contributed by atoms with Crippen molar-refractivity contribution in [2.24, 2.45) is 0 Å². The molecule has 0 aliphatic rings. The van der Waals surface area contributed by atoms with Gasteiger partial charge in [0.25, 0.3) is 5.84 Å². The molecule has 0 saturated carbocycles. The molecule has 6 nitrogen and oxygen atoms in total. The minimum Gasteiger partial charge on any atom is -0.383 e. The molecule has 3 aromatic carbocycles. The van der Waals surface area contributed by atoms with Crippen LogP contribution in [0.25, 0.3) is 10.9 Å². The lowest BCUT2D eigenvalue weighted by atomic mass is 10.2. The lowest BCUT2D eigenvalue weighted by Gasteiger charge is -2.15. The third-order valence-corrected chi connectivity index (χ3v) is 6.56. The molecule has 1 heterocycles. The molecule has 9 heteroatoms. The zero-order chi connectivity index (χ0) is 29.0. The third kappa shape index (κ3) is 8.78. The number of anilines is 3. The van der Waals surface area contributed by atoms with Gasteiger partial charge in [0, 0.05) is 47.1 Å². The largest absolute Gasteiger partial charge is 0.383 e. The van der Waals surface area contributed by atoms with Crippen molar-refractivity contribution < 1.29 is 13.4 Å². The molecule has 0 fully saturated rings. The first-order valence-electron chi connectivity index (χ1n) is 13.5. The van der Waals surface area contributed by atoms with Gasteiger partial charge in [-0.05, 0) is 92.7 Å². The number of hydrogen-bond donors (Lipinski definition) is 4. The number of allylic oxidation sites excluding steroid dienone is 2. The molecule has 0 saturated heterocycles. The van der Waals surface area contributed by atoms with E-state index in [-0.39, 0.29) is 11.6 Å². The molecule has 4 N–H and O–H groups in total. The Morgan fingerprint density at radius 2 is 1.51 bits per heavy atom. The van der Waals surface area contributed by atoms with E-state index in [0.29, 0.717) is 18.1 Å². The van der Waals surface area contributed by atoms with Gasteiger partial charge in [-0.1, -0.05) is 17.7 Å². The highest BCUT2D eigenvalue weighted by molar-refractivity contribution is 6.31. The second-order valence-corrected chi connectivity index (χ2v) is 9.57. The Balaban J connectivity index is 1.48. The van der Waals surface area contributed by atoms with E-state index in [1.54, 1.807) is 30.5 Å². The van der Waals surface area contributed by atoms with Crippen molar-refractivity contribution >= 4 is 45.4 Å². The first kappa shape index (κ1) is 29.6. The zero-order valence-corrected chi connectivity index (χ0v) is 23.9. The van der Waals surface area contributed by atoms with Crippen molar-refractivity contribution in [2.45, 2.75) is 13.8 Å². The van der Waals surface area contributed by atoms with Gasteiger partial charge in [0.05, 0.1) is 18.6 Å². The van der Waals surface area contributed by atoms with E-state index in [9.17, 15) is 8.78 Å². The molecule has 4 aromatic rings. The number of fused-ring (bicyclic) bond motifs is 1. The molecule has 212 valence electrons. The summed E-state index contributed by atoms with van der Waals surface area (Å²) in [4.78, 5) is 4.39. The van der Waals surface area contributed by atoms with Crippen LogP contribution in [0.1, 0.15) is 13.8 Å². The van der Waals surface area contributed by atoms with Crippen LogP contribution in [0.2, 0.25) is 5.02 Å². The van der Waals surface area contributed by atoms with Crippen LogP contribution < -0.4 is 21.3 Å². The second kappa shape index (κ2) is 14.8. The van der Waals surface area contributed by atoms with Crippen molar-refractivity contribution in [1.29, 1.82) is 0 Å². The van der Waals surface area contributed by atoms with Gasteiger partial charge < -0.3 is 16.0 Å². The molecule has 0 unspecified atom stereocenters. The van der Waals surface area contributed by atoms with Crippen LogP contribution in [-0.4, -0.2) is 41.6 Å². The lowest BCUT2D eigenvalue weighted by Crippen LogP contribution is -2.26. The van der Waals surface area contributed by atoms with E-state index in [1.165, 1.54) is 24.3 Å². The predicted molar refractivity (Wildman–Crippen MR) is 167 cm³/mol. The number of hydrogen-bond acceptors (Lipinski definition) is 4. The minimum absolute atomic E-state index is 0.281. The Kier molecular flexibility index (Phi) is 10.7. The average Bonchev–Trinajstić information content (AvgIpc) is 2.97. The smallest absolute Gasteiger partial charge is 0.274 e. The first-order chi connectivity index (χ1) is 19.9. The van der Waals surface area contributed by atoms with Crippen LogP contribution in [0.3, 0.4) is 0 Å². The van der Waals surface area contributed by atoms with Crippen LogP contribution in [-0.2, 0) is 0 Å². The van der Waals surface area contributed by atoms with E-state index >= 15 is 0 Å². The fourth-order valence-electron chi connectivity index (χ4n) is 4.21. The van der Waals surface area contributed by atoms with Gasteiger partial charge in [-0.2, -0.15) is 0 Å². The van der Waals surface area contributed by atoms with Crippen LogP contribution in [0, 0.1) is 11.6 Å². The van der Waals surface area contributed by atoms with Gasteiger partial charge in [0.15, 0.2) is 0 Å². The highest BCUT2D eigenvalue weighted by atomic mass is 35.5. The molecule has 0 atom stereocenters. The van der Waals surface area contributed by atoms with E-state index < -0.39 is 0 Å². The SMILES string of the molecule is CC[N+](CC)=C(C=CC=C(NCCNc1ccnc2cc(Cl)ccc12)Nc1ccc(F)cc1)Nc1ccc(F)cc1. The van der Waals surface area contributed by atoms with E-state index in [0.717, 1.165) is 52.7 Å². The number of nitrogens with zero attached hydrogens (tertiary/aromatic N) is 2. The summed E-state index contributed by atoms with van der Waals surface area (Å²) in [6, 6.07) is 20.1. The summed E-state index contributed by atoms with van der Waals surface area (Å²) in [5.74, 6) is 1.04. The molecular weight excluding hydrogens is 542 g/mol. The Morgan fingerprint density at radius 3 is 2.17 bits per heavy atom. The molecule has 4 rings (SSSR count). The Morgan fingerprint density at radius 1 is 0.854 bits per heavy atom. The monoisotopic (exact) mass is 575 g/mol. The second-order valence-electron chi connectivity index (χ2n) is 9.13. The molecule has 41 heavy (non-hydrogen) atoms. The van der Waals surface area contributed by atoms with Crippen LogP contribution in [0.4, 0.5) is 25.8 Å². The van der Waals surface area contributed by atoms with Crippen molar-refractivity contribution in [2.75, 3.05) is 42.1 Å². The minimum atomic E-state index is -0.297. The molecule has 0 amide bonds. The number of halogens is 3. The number of nitrogens with one attached hydrogen (secondary N) is 4. The molecule has 1 aromatic heterocycles. The Bertz CT molecular complexity index is 1530. The topological polar surface area (TPSA) is 64.0 Å². The van der Waals surface area contributed by atoms with E-state index in [1.807, 2.05) is 42.5 Å². The molecule has 0 aliphatic heterocycles. The number of amidine groups is 1. The van der Waals surface area contributed by atoms with Crippen LogP contribution >= 0.6 is 11.6 Å². The van der Waals surface area contributed by atoms with Crippen LogP contribution in [0.5, 0.6) is 0 Å². The number of pyridine rings is 1. The summed E-state index contributed by atoms with van der Waals surface area (Å²) in [7, 11) is 0. The van der Waals surface area contributed by atoms with Crippen molar-refractivity contribution in [1.82, 2.24) is 10.3 Å². The van der Waals surface area contributed by atoms with Crippen molar-refractivity contribution in [3.63, 3.8) is 0 Å². The van der Waals surface area contributed by atoms with Gasteiger partial charge >= 0.3 is 0 Å². The van der Waals surface area contributed by atoms with Gasteiger partial charge in [-0.3, -0.25) is 9.56 Å². The molecule has 0 aliphatic carbocycles. The highest BCUT2D eigenvalue weighted by Gasteiger charge is 2.09. The Hall–Kier alpha value is -4.43. The van der Waals surface area contributed by atoms with Crippen LogP contribution in [0.15, 0.2) is 103 Å². The third-order valence-electron chi connectivity index (χ3n) is 6.32. The van der Waals surface area contributed by atoms with E-state index in [2.05, 4.69) is 44.7 Å². The summed E-state index contributed by atoms with van der Waals surface area (Å²) in [5.41, 5.74) is 3.34. The summed E-state index contributed by atoms with van der Waals surface area (Å²) in [5, 5.41) is 15.2. The molecule has 0 radical (unpaired) electrons. The summed E-state index contributed by atoms with van der Waals surface area (Å²) < 4.78 is 29.1. The number of aromatic nitrogens is 1. The molecule has 0 bridgehead atoms. The van der Waals surface area contributed by atoms with Gasteiger partial charge in [-0.25, -0.2) is 14.1 Å². The van der Waals surface area contributed by atoms with E-state index in [4.69, 9.17) is 11.6 Å². The summed E-state index contributed by atoms with van der Waals surface area (Å²) >= 11 is 6.12. The van der Waals surface area contributed by atoms with Gasteiger partial charge in [0.2, 0.25) is 0 Å². The van der Waals surface area contributed by atoms with Crippen molar-refractivity contribution in [3.8, 4) is 0 Å². The predicted octanol–water partition coefficient (Wildman–Crippen LogP) is 7.24. The highest BCUT2D eigenvalue weighted by Crippen LogP contribution is 2.24. The maximum absolute atomic E-state index is 13.5. The fourth-order valence-corrected chi connectivity index (χ4v) is 4.38. The van der Waals surface area contributed by atoms with Gasteiger partial charge in [0.1, 0.15) is 23.1 Å². The maximum Gasteiger partial charge on any atom is 0.274 e. The summed E-state index contributed by atoms with van der Waals surface area (Å²) in [6.45, 7) is 7.00. The maximum atomic E-state index is 13.5. The standard InChI is InChI=1S/C32H33ClF2N6/c1-3-41(4-2)32(40-27-15-11-25(35)12-16-27)7-5-6-31(39-26-13-9-24(34)10-14-26)38-21-20-37-29-18-19-36-30-22-23(33)8-17-28(29)30/h5-19,22H,3-4,20-21H2,1-2H3,(H3,36,37,38,39,40)/p+1. The average molecular weight is 576 g/mol. The fraction of sp³-hybridized carbons (Fsp3) is 0.188. The molecule has 0 spiro atoms.